The molecular formula is C7H14N2O2. The Bertz CT molecular complexity index is 149. The number of carboxylic acid groups (broad SMARTS) is 1. The molecule has 1 saturated carbocycles. The van der Waals surface area contributed by atoms with Crippen LogP contribution in [0.2, 0.25) is 0 Å². The molecule has 4 heteroatoms. The quantitative estimate of drug-likeness (QED) is 0.519. The normalized spacial score (nSPS) is 30.6. The summed E-state index contributed by atoms with van der Waals surface area (Å²) in [4.78, 5) is 10.2. The van der Waals surface area contributed by atoms with Crippen molar-refractivity contribution in [2.45, 2.75) is 31.3 Å². The molecule has 0 unspecified atom stereocenters. The Kier molecular flexibility index (Phi) is 2.84. The van der Waals surface area contributed by atoms with Gasteiger partial charge in [-0.2, -0.15) is 0 Å². The minimum absolute atomic E-state index is 0.0262. The molecule has 0 radical (unpaired) electrons. The zero-order valence-corrected chi connectivity index (χ0v) is 6.42. The molecule has 2 atom stereocenters. The van der Waals surface area contributed by atoms with Crippen molar-refractivity contribution in [1.29, 1.82) is 0 Å². The molecule has 0 spiro atoms. The lowest BCUT2D eigenvalue weighted by Crippen LogP contribution is -2.42. The molecular weight excluding hydrogens is 144 g/mol. The predicted molar refractivity (Wildman–Crippen MR) is 41.3 cm³/mol. The number of carbonyl (C=O) groups is 1. The Morgan fingerprint density at radius 3 is 2.82 bits per heavy atom. The molecule has 1 fully saturated rings. The van der Waals surface area contributed by atoms with Crippen molar-refractivity contribution >= 4 is 5.97 Å². The summed E-state index contributed by atoms with van der Waals surface area (Å²) in [5, 5.41) is 11.3. The smallest absolute Gasteiger partial charge is 0.317 e. The zero-order chi connectivity index (χ0) is 8.27. The summed E-state index contributed by atoms with van der Waals surface area (Å²) >= 11 is 0. The number of nitrogens with one attached hydrogen (secondary N) is 1. The topological polar surface area (TPSA) is 75.3 Å². The lowest BCUT2D eigenvalue weighted by atomic mass is 10.2. The fourth-order valence-electron chi connectivity index (χ4n) is 1.46. The highest BCUT2D eigenvalue weighted by molar-refractivity contribution is 5.69. The highest BCUT2D eigenvalue weighted by Gasteiger charge is 2.23. The van der Waals surface area contributed by atoms with Crippen LogP contribution in [0.4, 0.5) is 0 Å². The molecule has 0 heterocycles. The highest BCUT2D eigenvalue weighted by Crippen LogP contribution is 2.16. The summed E-state index contributed by atoms with van der Waals surface area (Å²) in [5.41, 5.74) is 5.71. The first-order valence-corrected chi connectivity index (χ1v) is 3.91. The van der Waals surface area contributed by atoms with E-state index in [4.69, 9.17) is 10.8 Å². The number of carboxylic acids is 1. The van der Waals surface area contributed by atoms with Gasteiger partial charge in [0.15, 0.2) is 0 Å². The number of hydrogen-bond donors (Lipinski definition) is 3. The third-order valence-electron chi connectivity index (χ3n) is 2.08. The van der Waals surface area contributed by atoms with Crippen LogP contribution in [0, 0.1) is 0 Å². The van der Waals surface area contributed by atoms with Crippen molar-refractivity contribution in [1.82, 2.24) is 5.32 Å². The summed E-state index contributed by atoms with van der Waals surface area (Å²) in [6.07, 6.45) is 3.13. The van der Waals surface area contributed by atoms with Crippen LogP contribution in [0.25, 0.3) is 0 Å². The maximum atomic E-state index is 10.2. The Balaban J connectivity index is 2.20. The van der Waals surface area contributed by atoms with Crippen LogP contribution >= 0.6 is 0 Å². The molecule has 4 N–H and O–H groups in total. The monoisotopic (exact) mass is 158 g/mol. The fourth-order valence-corrected chi connectivity index (χ4v) is 1.46. The van der Waals surface area contributed by atoms with Crippen LogP contribution < -0.4 is 11.1 Å². The van der Waals surface area contributed by atoms with E-state index in [1.54, 1.807) is 0 Å². The van der Waals surface area contributed by atoms with Crippen molar-refractivity contribution in [2.24, 2.45) is 5.73 Å². The van der Waals surface area contributed by atoms with Crippen LogP contribution in [0.3, 0.4) is 0 Å². The summed E-state index contributed by atoms with van der Waals surface area (Å²) in [6.45, 7) is 0.0262. The van der Waals surface area contributed by atoms with E-state index in [9.17, 15) is 4.79 Å². The average molecular weight is 158 g/mol. The average Bonchev–Trinajstić information content (AvgIpc) is 2.31. The molecule has 1 aliphatic carbocycles. The van der Waals surface area contributed by atoms with Gasteiger partial charge in [-0.1, -0.05) is 6.42 Å². The van der Waals surface area contributed by atoms with Crippen molar-refractivity contribution < 1.29 is 9.90 Å². The van der Waals surface area contributed by atoms with Crippen LogP contribution in [0.5, 0.6) is 0 Å². The Morgan fingerprint density at radius 2 is 2.36 bits per heavy atom. The Morgan fingerprint density at radius 1 is 1.64 bits per heavy atom. The van der Waals surface area contributed by atoms with E-state index in [1.807, 2.05) is 0 Å². The molecule has 0 bridgehead atoms. The van der Waals surface area contributed by atoms with E-state index in [1.165, 1.54) is 0 Å². The predicted octanol–water partition coefficient (Wildman–Crippen LogP) is -0.460. The third-order valence-corrected chi connectivity index (χ3v) is 2.08. The van der Waals surface area contributed by atoms with Gasteiger partial charge in [0.25, 0.3) is 0 Å². The molecule has 0 aromatic heterocycles. The van der Waals surface area contributed by atoms with Gasteiger partial charge >= 0.3 is 5.97 Å². The standard InChI is InChI=1S/C7H14N2O2/c8-5-2-1-3-6(5)9-4-7(10)11/h5-6,9H,1-4,8H2,(H,10,11)/t5-,6-/m0/s1. The molecule has 0 aromatic rings. The Hall–Kier alpha value is -0.610. The van der Waals surface area contributed by atoms with Crippen molar-refractivity contribution in [2.75, 3.05) is 6.54 Å². The number of aliphatic carboxylic acids is 1. The Labute approximate surface area is 65.8 Å². The second-order valence-electron chi connectivity index (χ2n) is 2.98. The molecule has 1 rings (SSSR count). The first-order valence-electron chi connectivity index (χ1n) is 3.91. The molecule has 11 heavy (non-hydrogen) atoms. The first-order chi connectivity index (χ1) is 5.20. The maximum absolute atomic E-state index is 10.2. The summed E-state index contributed by atoms with van der Waals surface area (Å²) in [6, 6.07) is 0.362. The minimum atomic E-state index is -0.816. The summed E-state index contributed by atoms with van der Waals surface area (Å²) in [7, 11) is 0. The largest absolute Gasteiger partial charge is 0.480 e. The number of hydrogen-bond acceptors (Lipinski definition) is 3. The molecule has 64 valence electrons. The van der Waals surface area contributed by atoms with Gasteiger partial charge in [-0.25, -0.2) is 0 Å². The van der Waals surface area contributed by atoms with Gasteiger partial charge in [0.2, 0.25) is 0 Å². The molecule has 4 nitrogen and oxygen atoms in total. The van der Waals surface area contributed by atoms with Gasteiger partial charge in [-0.3, -0.25) is 4.79 Å². The maximum Gasteiger partial charge on any atom is 0.317 e. The second kappa shape index (κ2) is 3.69. The molecule has 0 saturated heterocycles. The number of rotatable bonds is 3. The SMILES string of the molecule is N[C@H]1CCC[C@@H]1NCC(=O)O. The molecule has 0 amide bonds. The van der Waals surface area contributed by atoms with Crippen LogP contribution in [-0.2, 0) is 4.79 Å². The van der Waals surface area contributed by atoms with E-state index < -0.39 is 5.97 Å². The lowest BCUT2D eigenvalue weighted by Gasteiger charge is -2.15. The van der Waals surface area contributed by atoms with Crippen LogP contribution in [0.15, 0.2) is 0 Å². The van der Waals surface area contributed by atoms with Crippen LogP contribution in [0.1, 0.15) is 19.3 Å². The minimum Gasteiger partial charge on any atom is -0.480 e. The van der Waals surface area contributed by atoms with Gasteiger partial charge in [-0.05, 0) is 12.8 Å². The fraction of sp³-hybridized carbons (Fsp3) is 0.857. The van der Waals surface area contributed by atoms with Gasteiger partial charge in [0.05, 0.1) is 6.54 Å². The van der Waals surface area contributed by atoms with E-state index in [2.05, 4.69) is 5.32 Å². The van der Waals surface area contributed by atoms with Gasteiger partial charge < -0.3 is 16.2 Å². The van der Waals surface area contributed by atoms with Crippen LogP contribution in [-0.4, -0.2) is 29.7 Å². The zero-order valence-electron chi connectivity index (χ0n) is 6.42. The van der Waals surface area contributed by atoms with E-state index in [-0.39, 0.29) is 18.6 Å². The first kappa shape index (κ1) is 8.49. The molecule has 0 aromatic carbocycles. The van der Waals surface area contributed by atoms with Gasteiger partial charge in [-0.15, -0.1) is 0 Å². The third kappa shape index (κ3) is 2.48. The lowest BCUT2D eigenvalue weighted by molar-refractivity contribution is -0.136. The van der Waals surface area contributed by atoms with Crippen molar-refractivity contribution in [3.8, 4) is 0 Å². The van der Waals surface area contributed by atoms with Crippen molar-refractivity contribution in [3.63, 3.8) is 0 Å². The second-order valence-corrected chi connectivity index (χ2v) is 2.98. The van der Waals surface area contributed by atoms with E-state index in [0.29, 0.717) is 0 Å². The van der Waals surface area contributed by atoms with Crippen molar-refractivity contribution in [3.05, 3.63) is 0 Å². The van der Waals surface area contributed by atoms with Gasteiger partial charge in [0, 0.05) is 12.1 Å². The highest BCUT2D eigenvalue weighted by atomic mass is 16.4. The molecule has 1 aliphatic rings. The molecule has 0 aliphatic heterocycles. The number of nitrogens with two attached hydrogens (primary N) is 1. The van der Waals surface area contributed by atoms with Gasteiger partial charge in [0.1, 0.15) is 0 Å². The summed E-state index contributed by atoms with van der Waals surface area (Å²) in [5.74, 6) is -0.816. The van der Waals surface area contributed by atoms with E-state index in [0.717, 1.165) is 19.3 Å². The van der Waals surface area contributed by atoms with E-state index >= 15 is 0 Å². The summed E-state index contributed by atoms with van der Waals surface area (Å²) < 4.78 is 0.